The first-order chi connectivity index (χ1) is 14.5. The number of aromatic hydroxyl groups is 1. The molecule has 2 aliphatic heterocycles. The highest BCUT2D eigenvalue weighted by molar-refractivity contribution is 7.89. The number of ether oxygens (including phenoxy) is 1. The molecule has 7 heteroatoms. The maximum Gasteiger partial charge on any atom is 0.243 e. The van der Waals surface area contributed by atoms with Gasteiger partial charge < -0.3 is 15.2 Å². The third kappa shape index (κ3) is 3.08. The van der Waals surface area contributed by atoms with Gasteiger partial charge in [-0.2, -0.15) is 4.31 Å². The molecular weight excluding hydrogens is 400 g/mol. The predicted octanol–water partition coefficient (Wildman–Crippen LogP) is 4.01. The van der Waals surface area contributed by atoms with E-state index in [2.05, 4.69) is 17.5 Å². The van der Waals surface area contributed by atoms with Gasteiger partial charge in [-0.1, -0.05) is 18.2 Å². The van der Waals surface area contributed by atoms with Crippen molar-refractivity contribution in [2.45, 2.75) is 36.1 Å². The van der Waals surface area contributed by atoms with Gasteiger partial charge in [0.25, 0.3) is 0 Å². The van der Waals surface area contributed by atoms with E-state index in [0.717, 1.165) is 36.1 Å². The van der Waals surface area contributed by atoms with Crippen LogP contribution in [-0.4, -0.2) is 38.0 Å². The zero-order valence-corrected chi connectivity index (χ0v) is 17.7. The number of sulfonamides is 1. The monoisotopic (exact) mass is 426 g/mol. The van der Waals surface area contributed by atoms with Gasteiger partial charge in [-0.3, -0.25) is 0 Å². The van der Waals surface area contributed by atoms with E-state index in [1.54, 1.807) is 23.5 Å². The van der Waals surface area contributed by atoms with Crippen molar-refractivity contribution >= 4 is 15.7 Å². The zero-order valence-electron chi connectivity index (χ0n) is 16.9. The van der Waals surface area contributed by atoms with Crippen LogP contribution >= 0.6 is 0 Å². The standard InChI is InChI=1S/C23H26N2O4S/c1-29-22-13-15(7-10-21(22)26)23-18-6-4-5-17(18)19-14-16(8-9-20(19)24-23)30(27,28)25-11-2-3-12-25/h4-5,7-10,13-14,17-18,23-24,26H,2-3,6,11-12H2,1H3. The summed E-state index contributed by atoms with van der Waals surface area (Å²) in [6, 6.07) is 11.0. The molecule has 2 aromatic rings. The average Bonchev–Trinajstić information content (AvgIpc) is 3.46. The molecule has 0 radical (unpaired) electrons. The SMILES string of the molecule is COc1cc(C2Nc3ccc(S(=O)(=O)N4CCCC4)cc3C3C=CCC32)ccc1O. The van der Waals surface area contributed by atoms with Gasteiger partial charge in [-0.05, 0) is 66.6 Å². The molecule has 3 atom stereocenters. The van der Waals surface area contributed by atoms with E-state index in [-0.39, 0.29) is 23.6 Å². The molecule has 2 aromatic carbocycles. The van der Waals surface area contributed by atoms with Crippen LogP contribution in [-0.2, 0) is 10.0 Å². The average molecular weight is 427 g/mol. The largest absolute Gasteiger partial charge is 0.504 e. The molecule has 1 aliphatic carbocycles. The third-order valence-corrected chi connectivity index (χ3v) is 8.49. The summed E-state index contributed by atoms with van der Waals surface area (Å²) >= 11 is 0. The number of benzene rings is 2. The Labute approximate surface area is 177 Å². The van der Waals surface area contributed by atoms with Crippen LogP contribution in [0.15, 0.2) is 53.4 Å². The Morgan fingerprint density at radius 1 is 1.13 bits per heavy atom. The molecule has 1 fully saturated rings. The Kier molecular flexibility index (Phi) is 4.75. The Balaban J connectivity index is 1.53. The first-order valence-electron chi connectivity index (χ1n) is 10.4. The van der Waals surface area contributed by atoms with Crippen LogP contribution in [0.2, 0.25) is 0 Å². The van der Waals surface area contributed by atoms with Crippen molar-refractivity contribution in [3.05, 3.63) is 59.7 Å². The maximum absolute atomic E-state index is 13.1. The smallest absolute Gasteiger partial charge is 0.243 e. The number of hydrogen-bond acceptors (Lipinski definition) is 5. The lowest BCUT2D eigenvalue weighted by Crippen LogP contribution is -2.30. The summed E-state index contributed by atoms with van der Waals surface area (Å²) in [6.07, 6.45) is 7.14. The minimum Gasteiger partial charge on any atom is -0.504 e. The van der Waals surface area contributed by atoms with E-state index in [1.165, 1.54) is 0 Å². The number of nitrogens with zero attached hydrogens (tertiary/aromatic N) is 1. The highest BCUT2D eigenvalue weighted by Gasteiger charge is 2.39. The molecule has 0 amide bonds. The fourth-order valence-corrected chi connectivity index (χ4v) is 6.58. The van der Waals surface area contributed by atoms with Gasteiger partial charge in [0, 0.05) is 24.7 Å². The Bertz CT molecular complexity index is 1110. The molecule has 2 N–H and O–H groups in total. The molecule has 0 spiro atoms. The lowest BCUT2D eigenvalue weighted by Gasteiger charge is -2.38. The lowest BCUT2D eigenvalue weighted by molar-refractivity contribution is 0.370. The molecule has 2 heterocycles. The van der Waals surface area contributed by atoms with Crippen molar-refractivity contribution in [2.24, 2.45) is 5.92 Å². The number of hydrogen-bond donors (Lipinski definition) is 2. The highest BCUT2D eigenvalue weighted by atomic mass is 32.2. The zero-order chi connectivity index (χ0) is 20.9. The van der Waals surface area contributed by atoms with Crippen LogP contribution < -0.4 is 10.1 Å². The van der Waals surface area contributed by atoms with Crippen molar-refractivity contribution in [1.82, 2.24) is 4.31 Å². The van der Waals surface area contributed by atoms with E-state index >= 15 is 0 Å². The van der Waals surface area contributed by atoms with Crippen LogP contribution in [0.1, 0.15) is 42.3 Å². The maximum atomic E-state index is 13.1. The second-order valence-electron chi connectivity index (χ2n) is 8.27. The van der Waals surface area contributed by atoms with Gasteiger partial charge in [0.15, 0.2) is 11.5 Å². The molecule has 30 heavy (non-hydrogen) atoms. The molecule has 3 unspecified atom stereocenters. The molecule has 0 saturated carbocycles. The Hall–Kier alpha value is -2.51. The van der Waals surface area contributed by atoms with E-state index < -0.39 is 10.0 Å². The molecule has 158 valence electrons. The van der Waals surface area contributed by atoms with E-state index in [4.69, 9.17) is 4.74 Å². The number of anilines is 1. The van der Waals surface area contributed by atoms with Gasteiger partial charge in [0.1, 0.15) is 0 Å². The molecule has 6 nitrogen and oxygen atoms in total. The number of methoxy groups -OCH3 is 1. The number of allylic oxidation sites excluding steroid dienone is 2. The summed E-state index contributed by atoms with van der Waals surface area (Å²) in [4.78, 5) is 0.383. The Morgan fingerprint density at radius 3 is 2.70 bits per heavy atom. The molecule has 3 aliphatic rings. The fourth-order valence-electron chi connectivity index (χ4n) is 5.03. The second kappa shape index (κ2) is 7.32. The number of fused-ring (bicyclic) bond motifs is 3. The summed E-state index contributed by atoms with van der Waals surface area (Å²) in [6.45, 7) is 1.21. The third-order valence-electron chi connectivity index (χ3n) is 6.60. The first-order valence-corrected chi connectivity index (χ1v) is 11.9. The van der Waals surface area contributed by atoms with Crippen LogP contribution in [0.5, 0.6) is 11.5 Å². The number of phenolic OH excluding ortho intramolecular Hbond substituents is 1. The minimum atomic E-state index is -3.44. The summed E-state index contributed by atoms with van der Waals surface area (Å²) in [5.41, 5.74) is 3.04. The van der Waals surface area contributed by atoms with Gasteiger partial charge in [-0.25, -0.2) is 8.42 Å². The number of nitrogens with one attached hydrogen (secondary N) is 1. The quantitative estimate of drug-likeness (QED) is 0.722. The van der Waals surface area contributed by atoms with E-state index in [9.17, 15) is 13.5 Å². The van der Waals surface area contributed by atoms with Gasteiger partial charge in [0.2, 0.25) is 10.0 Å². The number of phenols is 1. The van der Waals surface area contributed by atoms with Crippen molar-refractivity contribution in [3.8, 4) is 11.5 Å². The molecule has 0 aromatic heterocycles. The first kappa shape index (κ1) is 19.5. The van der Waals surface area contributed by atoms with Gasteiger partial charge >= 0.3 is 0 Å². The molecule has 0 bridgehead atoms. The summed E-state index contributed by atoms with van der Waals surface area (Å²) in [5, 5.41) is 13.6. The summed E-state index contributed by atoms with van der Waals surface area (Å²) < 4.78 is 33.0. The predicted molar refractivity (Wildman–Crippen MR) is 115 cm³/mol. The van der Waals surface area contributed by atoms with Crippen molar-refractivity contribution in [3.63, 3.8) is 0 Å². The number of rotatable bonds is 4. The van der Waals surface area contributed by atoms with E-state index in [0.29, 0.717) is 23.7 Å². The summed E-state index contributed by atoms with van der Waals surface area (Å²) in [7, 11) is -1.90. The molecule has 1 saturated heterocycles. The fraction of sp³-hybridized carbons (Fsp3) is 0.391. The topological polar surface area (TPSA) is 78.9 Å². The lowest BCUT2D eigenvalue weighted by atomic mass is 9.77. The molecular formula is C23H26N2O4S. The summed E-state index contributed by atoms with van der Waals surface area (Å²) in [5.74, 6) is 1.00. The van der Waals surface area contributed by atoms with Crippen molar-refractivity contribution in [1.29, 1.82) is 0 Å². The van der Waals surface area contributed by atoms with Gasteiger partial charge in [-0.15, -0.1) is 0 Å². The van der Waals surface area contributed by atoms with Crippen LogP contribution in [0.4, 0.5) is 5.69 Å². The van der Waals surface area contributed by atoms with Crippen LogP contribution in [0, 0.1) is 5.92 Å². The van der Waals surface area contributed by atoms with Crippen molar-refractivity contribution < 1.29 is 18.3 Å². The van der Waals surface area contributed by atoms with E-state index in [1.807, 2.05) is 24.3 Å². The highest BCUT2D eigenvalue weighted by Crippen LogP contribution is 2.51. The normalized spacial score (nSPS) is 25.6. The minimum absolute atomic E-state index is 0.0491. The molecule has 5 rings (SSSR count). The van der Waals surface area contributed by atoms with Gasteiger partial charge in [0.05, 0.1) is 18.0 Å². The Morgan fingerprint density at radius 2 is 1.93 bits per heavy atom. The van der Waals surface area contributed by atoms with Crippen LogP contribution in [0.25, 0.3) is 0 Å². The second-order valence-corrected chi connectivity index (χ2v) is 10.2. The van der Waals surface area contributed by atoms with Crippen LogP contribution in [0.3, 0.4) is 0 Å². The van der Waals surface area contributed by atoms with Crippen molar-refractivity contribution in [2.75, 3.05) is 25.5 Å².